The van der Waals surface area contributed by atoms with E-state index in [1.165, 1.54) is 0 Å². The van der Waals surface area contributed by atoms with Gasteiger partial charge in [-0.05, 0) is 31.4 Å². The quantitative estimate of drug-likeness (QED) is 0.912. The van der Waals surface area contributed by atoms with Crippen molar-refractivity contribution in [2.75, 3.05) is 5.75 Å². The van der Waals surface area contributed by atoms with Crippen molar-refractivity contribution in [1.29, 1.82) is 0 Å². The molecule has 18 heavy (non-hydrogen) atoms. The Morgan fingerprint density at radius 2 is 1.89 bits per heavy atom. The second-order valence-corrected chi connectivity index (χ2v) is 7.29. The Labute approximate surface area is 110 Å². The third-order valence-corrected chi connectivity index (χ3v) is 5.91. The molecule has 1 aliphatic rings. The maximum Gasteiger partial charge on any atom is 0.180 e. The van der Waals surface area contributed by atoms with Crippen molar-refractivity contribution in [2.24, 2.45) is 0 Å². The molecule has 0 amide bonds. The van der Waals surface area contributed by atoms with E-state index >= 15 is 0 Å². The van der Waals surface area contributed by atoms with Gasteiger partial charge in [0.05, 0.1) is 10.6 Å². The predicted octanol–water partition coefficient (Wildman–Crippen LogP) is 2.68. The van der Waals surface area contributed by atoms with Gasteiger partial charge >= 0.3 is 0 Å². The Bertz CT molecular complexity index is 532. The number of rotatable bonds is 4. The van der Waals surface area contributed by atoms with E-state index in [0.717, 1.165) is 18.4 Å². The van der Waals surface area contributed by atoms with Crippen molar-refractivity contribution in [2.45, 2.75) is 50.1 Å². The van der Waals surface area contributed by atoms with Gasteiger partial charge in [-0.15, -0.1) is 0 Å². The minimum Gasteiger partial charge on any atom is -0.304 e. The van der Waals surface area contributed by atoms with Gasteiger partial charge in [0, 0.05) is 11.6 Å². The van der Waals surface area contributed by atoms with E-state index in [-0.39, 0.29) is 17.3 Å². The van der Waals surface area contributed by atoms with Gasteiger partial charge in [-0.1, -0.05) is 32.0 Å². The Morgan fingerprint density at radius 1 is 1.28 bits per heavy atom. The second kappa shape index (κ2) is 4.67. The Balaban J connectivity index is 2.34. The molecule has 1 aromatic rings. The van der Waals surface area contributed by atoms with Gasteiger partial charge in [0.15, 0.2) is 9.84 Å². The normalized spacial score (nSPS) is 21.8. The largest absolute Gasteiger partial charge is 0.304 e. The third-order valence-electron chi connectivity index (χ3n) is 4.10. The number of nitrogens with one attached hydrogen (secondary N) is 1. The van der Waals surface area contributed by atoms with Gasteiger partial charge in [-0.3, -0.25) is 0 Å². The Kier molecular flexibility index (Phi) is 3.52. The fourth-order valence-corrected chi connectivity index (χ4v) is 4.18. The number of sulfone groups is 1. The lowest BCUT2D eigenvalue weighted by molar-refractivity contribution is 0.301. The molecule has 3 nitrogen and oxygen atoms in total. The SMILES string of the molecule is CCC(C)(CC)NC1CS(=O)(=O)c2ccccc21. The molecule has 1 aromatic carbocycles. The summed E-state index contributed by atoms with van der Waals surface area (Å²) in [4.78, 5) is 0.497. The summed E-state index contributed by atoms with van der Waals surface area (Å²) in [6.07, 6.45) is 1.98. The highest BCUT2D eigenvalue weighted by Gasteiger charge is 2.37. The summed E-state index contributed by atoms with van der Waals surface area (Å²) in [7, 11) is -3.11. The van der Waals surface area contributed by atoms with Gasteiger partial charge in [-0.25, -0.2) is 8.42 Å². The van der Waals surface area contributed by atoms with Crippen molar-refractivity contribution in [3.05, 3.63) is 29.8 Å². The molecule has 2 rings (SSSR count). The van der Waals surface area contributed by atoms with Gasteiger partial charge in [0.1, 0.15) is 0 Å². The van der Waals surface area contributed by atoms with Gasteiger partial charge in [0.25, 0.3) is 0 Å². The summed E-state index contributed by atoms with van der Waals surface area (Å²) in [5, 5.41) is 3.52. The van der Waals surface area contributed by atoms with E-state index in [1.807, 2.05) is 12.1 Å². The van der Waals surface area contributed by atoms with Crippen LogP contribution >= 0.6 is 0 Å². The van der Waals surface area contributed by atoms with Crippen LogP contribution in [-0.4, -0.2) is 19.7 Å². The zero-order valence-electron chi connectivity index (χ0n) is 11.2. The second-order valence-electron chi connectivity index (χ2n) is 5.28. The van der Waals surface area contributed by atoms with Crippen LogP contribution in [0, 0.1) is 0 Å². The molecule has 0 radical (unpaired) electrons. The first-order valence-electron chi connectivity index (χ1n) is 6.51. The van der Waals surface area contributed by atoms with Crippen molar-refractivity contribution in [1.82, 2.24) is 5.32 Å². The Hall–Kier alpha value is -0.870. The van der Waals surface area contributed by atoms with Crippen LogP contribution < -0.4 is 5.32 Å². The molecule has 0 bridgehead atoms. The van der Waals surface area contributed by atoms with Crippen LogP contribution in [0.4, 0.5) is 0 Å². The van der Waals surface area contributed by atoms with Crippen molar-refractivity contribution < 1.29 is 8.42 Å². The van der Waals surface area contributed by atoms with Crippen molar-refractivity contribution >= 4 is 9.84 Å². The molecule has 100 valence electrons. The monoisotopic (exact) mass is 267 g/mol. The number of hydrogen-bond donors (Lipinski definition) is 1. The first-order valence-corrected chi connectivity index (χ1v) is 8.16. The first-order chi connectivity index (χ1) is 8.42. The smallest absolute Gasteiger partial charge is 0.180 e. The third kappa shape index (κ3) is 2.31. The van der Waals surface area contributed by atoms with E-state index in [9.17, 15) is 8.42 Å². The highest BCUT2D eigenvalue weighted by Crippen LogP contribution is 2.35. The molecule has 1 atom stereocenters. The van der Waals surface area contributed by atoms with Gasteiger partial charge in [0.2, 0.25) is 0 Å². The summed E-state index contributed by atoms with van der Waals surface area (Å²) in [5.74, 6) is 0.182. The van der Waals surface area contributed by atoms with Crippen LogP contribution in [0.5, 0.6) is 0 Å². The van der Waals surface area contributed by atoms with E-state index in [0.29, 0.717) is 4.90 Å². The van der Waals surface area contributed by atoms with E-state index in [4.69, 9.17) is 0 Å². The molecule has 0 saturated heterocycles. The van der Waals surface area contributed by atoms with Crippen molar-refractivity contribution in [3.63, 3.8) is 0 Å². The van der Waals surface area contributed by atoms with E-state index in [2.05, 4.69) is 26.1 Å². The summed E-state index contributed by atoms with van der Waals surface area (Å²) in [5.41, 5.74) is 0.920. The highest BCUT2D eigenvalue weighted by atomic mass is 32.2. The molecule has 0 aromatic heterocycles. The standard InChI is InChI=1S/C14H21NO2S/c1-4-14(3,5-2)15-12-10-18(16,17)13-9-7-6-8-11(12)13/h6-9,12,15H,4-5,10H2,1-3H3. The molecule has 1 heterocycles. The zero-order valence-corrected chi connectivity index (χ0v) is 12.0. The molecule has 0 aliphatic carbocycles. The number of benzene rings is 1. The van der Waals surface area contributed by atoms with Gasteiger partial charge in [-0.2, -0.15) is 0 Å². The van der Waals surface area contributed by atoms with Crippen LogP contribution in [-0.2, 0) is 9.84 Å². The highest BCUT2D eigenvalue weighted by molar-refractivity contribution is 7.91. The lowest BCUT2D eigenvalue weighted by Crippen LogP contribution is -2.43. The van der Waals surface area contributed by atoms with Crippen LogP contribution in [0.3, 0.4) is 0 Å². The number of fused-ring (bicyclic) bond motifs is 1. The van der Waals surface area contributed by atoms with E-state index in [1.54, 1.807) is 12.1 Å². The molecule has 1 aliphatic heterocycles. The maximum atomic E-state index is 12.1. The molecule has 1 N–H and O–H groups in total. The topological polar surface area (TPSA) is 46.2 Å². The van der Waals surface area contributed by atoms with Gasteiger partial charge < -0.3 is 5.32 Å². The molecule has 0 saturated carbocycles. The summed E-state index contributed by atoms with van der Waals surface area (Å²) in [6, 6.07) is 7.25. The fraction of sp³-hybridized carbons (Fsp3) is 0.571. The fourth-order valence-electron chi connectivity index (χ4n) is 2.44. The van der Waals surface area contributed by atoms with E-state index < -0.39 is 9.84 Å². The molecule has 0 spiro atoms. The minimum atomic E-state index is -3.11. The molecular weight excluding hydrogens is 246 g/mol. The summed E-state index contributed by atoms with van der Waals surface area (Å²) in [6.45, 7) is 6.41. The summed E-state index contributed by atoms with van der Waals surface area (Å²) < 4.78 is 24.2. The average Bonchev–Trinajstić information content (AvgIpc) is 2.61. The molecule has 0 fully saturated rings. The number of hydrogen-bond acceptors (Lipinski definition) is 3. The van der Waals surface area contributed by atoms with Crippen LogP contribution in [0.15, 0.2) is 29.2 Å². The predicted molar refractivity (Wildman–Crippen MR) is 73.4 cm³/mol. The molecule has 1 unspecified atom stereocenters. The summed E-state index contributed by atoms with van der Waals surface area (Å²) >= 11 is 0. The van der Waals surface area contributed by atoms with Crippen LogP contribution in [0.25, 0.3) is 0 Å². The Morgan fingerprint density at radius 3 is 2.50 bits per heavy atom. The first kappa shape index (κ1) is 13.6. The van der Waals surface area contributed by atoms with Crippen LogP contribution in [0.1, 0.15) is 45.2 Å². The molecule has 4 heteroatoms. The van der Waals surface area contributed by atoms with Crippen molar-refractivity contribution in [3.8, 4) is 0 Å². The average molecular weight is 267 g/mol. The van der Waals surface area contributed by atoms with Crippen LogP contribution in [0.2, 0.25) is 0 Å². The maximum absolute atomic E-state index is 12.1. The lowest BCUT2D eigenvalue weighted by atomic mass is 9.93. The zero-order chi connectivity index (χ0) is 13.4. The lowest BCUT2D eigenvalue weighted by Gasteiger charge is -2.32. The minimum absolute atomic E-state index is 0.00234. The molecular formula is C14H21NO2S.